The first-order valence-corrected chi connectivity index (χ1v) is 8.00. The molecule has 0 bridgehead atoms. The third kappa shape index (κ3) is 2.30. The van der Waals surface area contributed by atoms with Crippen molar-refractivity contribution in [3.8, 4) is 11.3 Å². The highest BCUT2D eigenvalue weighted by atomic mass is 16.5. The van der Waals surface area contributed by atoms with E-state index in [-0.39, 0.29) is 12.4 Å². The molecule has 0 fully saturated rings. The van der Waals surface area contributed by atoms with Gasteiger partial charge in [0, 0.05) is 16.3 Å². The fraction of sp³-hybridized carbons (Fsp3) is 0.105. The van der Waals surface area contributed by atoms with Crippen LogP contribution in [0.5, 0.6) is 0 Å². The molecule has 25 heavy (non-hydrogen) atoms. The molecule has 6 nitrogen and oxygen atoms in total. The molecule has 6 heteroatoms. The third-order valence-electron chi connectivity index (χ3n) is 4.13. The average Bonchev–Trinajstić information content (AvgIpc) is 3.09. The number of rotatable bonds is 3. The van der Waals surface area contributed by atoms with E-state index in [4.69, 9.17) is 10.5 Å². The summed E-state index contributed by atoms with van der Waals surface area (Å²) in [5.74, 6) is -0.239. The molecule has 0 aliphatic rings. The van der Waals surface area contributed by atoms with Gasteiger partial charge in [-0.05, 0) is 6.92 Å². The summed E-state index contributed by atoms with van der Waals surface area (Å²) in [5.41, 5.74) is 9.01. The van der Waals surface area contributed by atoms with Crippen LogP contribution >= 0.6 is 0 Å². The Morgan fingerprint density at radius 1 is 1.08 bits per heavy atom. The Morgan fingerprint density at radius 3 is 2.48 bits per heavy atom. The number of aromatic nitrogens is 3. The van der Waals surface area contributed by atoms with E-state index >= 15 is 0 Å². The molecule has 0 amide bonds. The van der Waals surface area contributed by atoms with Gasteiger partial charge in [0.05, 0.1) is 6.61 Å². The highest BCUT2D eigenvalue weighted by Gasteiger charge is 2.23. The molecule has 0 saturated heterocycles. The molecule has 2 N–H and O–H groups in total. The zero-order valence-corrected chi connectivity index (χ0v) is 13.6. The number of anilines is 1. The van der Waals surface area contributed by atoms with E-state index in [2.05, 4.69) is 10.3 Å². The molecular weight excluding hydrogens is 316 g/mol. The lowest BCUT2D eigenvalue weighted by atomic mass is 10.0. The van der Waals surface area contributed by atoms with Gasteiger partial charge < -0.3 is 10.5 Å². The quantitative estimate of drug-likeness (QED) is 0.582. The number of hydrogen-bond acceptors (Lipinski definition) is 5. The molecule has 0 aliphatic carbocycles. The van der Waals surface area contributed by atoms with Crippen molar-refractivity contribution in [1.29, 1.82) is 0 Å². The van der Waals surface area contributed by atoms with E-state index in [0.29, 0.717) is 5.56 Å². The first kappa shape index (κ1) is 15.1. The first-order chi connectivity index (χ1) is 12.2. The highest BCUT2D eigenvalue weighted by Crippen LogP contribution is 2.33. The van der Waals surface area contributed by atoms with Crippen LogP contribution in [0.2, 0.25) is 0 Å². The van der Waals surface area contributed by atoms with Crippen molar-refractivity contribution in [2.75, 3.05) is 12.3 Å². The number of esters is 1. The highest BCUT2D eigenvalue weighted by molar-refractivity contribution is 6.14. The summed E-state index contributed by atoms with van der Waals surface area (Å²) in [4.78, 5) is 12.4. The van der Waals surface area contributed by atoms with Gasteiger partial charge in [0.1, 0.15) is 22.6 Å². The van der Waals surface area contributed by atoms with Crippen molar-refractivity contribution in [2.24, 2.45) is 0 Å². The van der Waals surface area contributed by atoms with Gasteiger partial charge in [0.15, 0.2) is 0 Å². The van der Waals surface area contributed by atoms with Crippen molar-refractivity contribution in [3.05, 3.63) is 60.2 Å². The monoisotopic (exact) mass is 332 g/mol. The Bertz CT molecular complexity index is 1090. The van der Waals surface area contributed by atoms with E-state index in [1.165, 1.54) is 4.52 Å². The maximum absolute atomic E-state index is 12.4. The number of benzene rings is 2. The second kappa shape index (κ2) is 5.90. The number of nitrogens with two attached hydrogens (primary N) is 1. The molecule has 2 aromatic carbocycles. The van der Waals surface area contributed by atoms with Crippen molar-refractivity contribution in [2.45, 2.75) is 6.92 Å². The first-order valence-electron chi connectivity index (χ1n) is 8.00. The summed E-state index contributed by atoms with van der Waals surface area (Å²) >= 11 is 0. The van der Waals surface area contributed by atoms with Gasteiger partial charge in [0.25, 0.3) is 0 Å². The molecule has 124 valence electrons. The number of nitrogen functional groups attached to an aromatic ring is 1. The van der Waals surface area contributed by atoms with Crippen LogP contribution in [0.1, 0.15) is 17.3 Å². The summed E-state index contributed by atoms with van der Waals surface area (Å²) in [6.45, 7) is 2.04. The Balaban J connectivity index is 2.12. The van der Waals surface area contributed by atoms with E-state index in [1.54, 1.807) is 6.92 Å². The SMILES string of the molecule is CCOC(=O)c1c(N)n2nnc(-c3ccccc3)c2c2ccccc12. The lowest BCUT2D eigenvalue weighted by Gasteiger charge is -2.12. The fourth-order valence-electron chi connectivity index (χ4n) is 3.05. The predicted molar refractivity (Wildman–Crippen MR) is 96.3 cm³/mol. The van der Waals surface area contributed by atoms with Crippen LogP contribution in [-0.4, -0.2) is 27.4 Å². The molecule has 0 aliphatic heterocycles. The number of hydrogen-bond donors (Lipinski definition) is 1. The summed E-state index contributed by atoms with van der Waals surface area (Å²) in [6.07, 6.45) is 0. The second-order valence-corrected chi connectivity index (χ2v) is 5.59. The predicted octanol–water partition coefficient (Wildman–Crippen LogP) is 3.31. The van der Waals surface area contributed by atoms with Crippen molar-refractivity contribution >= 4 is 28.1 Å². The maximum atomic E-state index is 12.4. The molecule has 0 atom stereocenters. The van der Waals surface area contributed by atoms with Gasteiger partial charge in [-0.3, -0.25) is 0 Å². The fourth-order valence-corrected chi connectivity index (χ4v) is 3.05. The van der Waals surface area contributed by atoms with Crippen LogP contribution < -0.4 is 5.73 Å². The van der Waals surface area contributed by atoms with Gasteiger partial charge in [-0.2, -0.15) is 4.52 Å². The molecular formula is C19H16N4O2. The summed E-state index contributed by atoms with van der Waals surface area (Å²) in [7, 11) is 0. The Morgan fingerprint density at radius 2 is 1.76 bits per heavy atom. The molecule has 0 saturated carbocycles. The Labute approximate surface area is 143 Å². The molecule has 2 aromatic heterocycles. The maximum Gasteiger partial charge on any atom is 0.342 e. The number of pyridine rings is 1. The minimum Gasteiger partial charge on any atom is -0.462 e. The van der Waals surface area contributed by atoms with E-state index in [0.717, 1.165) is 27.5 Å². The summed E-state index contributed by atoms with van der Waals surface area (Å²) in [6, 6.07) is 17.3. The standard InChI is InChI=1S/C19H16N4O2/c1-2-25-19(24)15-13-10-6-7-11-14(13)17-16(12-8-4-3-5-9-12)21-22-23(17)18(15)20/h3-11H,2,20H2,1H3. The van der Waals surface area contributed by atoms with Crippen molar-refractivity contribution in [1.82, 2.24) is 14.8 Å². The van der Waals surface area contributed by atoms with Crippen LogP contribution in [0.4, 0.5) is 5.82 Å². The number of fused-ring (bicyclic) bond motifs is 3. The van der Waals surface area contributed by atoms with Crippen molar-refractivity contribution < 1.29 is 9.53 Å². The van der Waals surface area contributed by atoms with Crippen LogP contribution in [0.15, 0.2) is 54.6 Å². The third-order valence-corrected chi connectivity index (χ3v) is 4.13. The topological polar surface area (TPSA) is 82.5 Å². The van der Waals surface area contributed by atoms with Gasteiger partial charge in [-0.1, -0.05) is 59.8 Å². The summed E-state index contributed by atoms with van der Waals surface area (Å²) < 4.78 is 6.69. The lowest BCUT2D eigenvalue weighted by Crippen LogP contribution is -2.13. The van der Waals surface area contributed by atoms with Crippen LogP contribution in [-0.2, 0) is 4.74 Å². The molecule has 4 aromatic rings. The van der Waals surface area contributed by atoms with E-state index in [9.17, 15) is 4.79 Å². The Hall–Kier alpha value is -3.41. The van der Waals surface area contributed by atoms with Gasteiger partial charge >= 0.3 is 5.97 Å². The Kier molecular flexibility index (Phi) is 3.57. The van der Waals surface area contributed by atoms with Gasteiger partial charge in [0.2, 0.25) is 0 Å². The minimum absolute atomic E-state index is 0.224. The number of carbonyl (C=O) groups is 1. The zero-order chi connectivity index (χ0) is 17.4. The van der Waals surface area contributed by atoms with Gasteiger partial charge in [-0.25, -0.2) is 4.79 Å². The molecule has 0 radical (unpaired) electrons. The smallest absolute Gasteiger partial charge is 0.342 e. The number of ether oxygens (including phenoxy) is 1. The number of carbonyl (C=O) groups excluding carboxylic acids is 1. The normalized spacial score (nSPS) is 11.1. The number of nitrogens with zero attached hydrogens (tertiary/aromatic N) is 3. The van der Waals surface area contributed by atoms with Gasteiger partial charge in [-0.15, -0.1) is 5.10 Å². The average molecular weight is 332 g/mol. The molecule has 0 spiro atoms. The minimum atomic E-state index is -0.463. The largest absolute Gasteiger partial charge is 0.462 e. The molecule has 2 heterocycles. The van der Waals surface area contributed by atoms with E-state index < -0.39 is 5.97 Å². The van der Waals surface area contributed by atoms with E-state index in [1.807, 2.05) is 54.6 Å². The van der Waals surface area contributed by atoms with Crippen LogP contribution in [0.25, 0.3) is 27.5 Å². The lowest BCUT2D eigenvalue weighted by molar-refractivity contribution is 0.0529. The van der Waals surface area contributed by atoms with Crippen molar-refractivity contribution in [3.63, 3.8) is 0 Å². The summed E-state index contributed by atoms with van der Waals surface area (Å²) in [5, 5.41) is 10.1. The molecule has 4 rings (SSSR count). The van der Waals surface area contributed by atoms with Crippen LogP contribution in [0, 0.1) is 0 Å². The van der Waals surface area contributed by atoms with Crippen LogP contribution in [0.3, 0.4) is 0 Å². The molecule has 0 unspecified atom stereocenters. The zero-order valence-electron chi connectivity index (χ0n) is 13.6. The second-order valence-electron chi connectivity index (χ2n) is 5.59.